The van der Waals surface area contributed by atoms with Gasteiger partial charge in [-0.25, -0.2) is 0 Å². The molecule has 0 saturated carbocycles. The van der Waals surface area contributed by atoms with Crippen LogP contribution in [0.1, 0.15) is 12.0 Å². The van der Waals surface area contributed by atoms with Crippen molar-refractivity contribution in [3.8, 4) is 5.75 Å². The van der Waals surface area contributed by atoms with Gasteiger partial charge in [0.2, 0.25) is 0 Å². The second-order valence-electron chi connectivity index (χ2n) is 4.89. The van der Waals surface area contributed by atoms with Gasteiger partial charge in [-0.1, -0.05) is 23.2 Å². The zero-order chi connectivity index (χ0) is 14.5. The molecule has 112 valence electrons. The quantitative estimate of drug-likeness (QED) is 0.906. The fourth-order valence-corrected chi connectivity index (χ4v) is 3.10. The molecule has 6 heteroatoms. The highest BCUT2D eigenvalue weighted by molar-refractivity contribution is 6.35. The highest BCUT2D eigenvalue weighted by Crippen LogP contribution is 2.33. The second-order valence-corrected chi connectivity index (χ2v) is 5.73. The summed E-state index contributed by atoms with van der Waals surface area (Å²) in [6.45, 7) is 3.86. The van der Waals surface area contributed by atoms with Crippen LogP contribution in [0.5, 0.6) is 5.75 Å². The van der Waals surface area contributed by atoms with Gasteiger partial charge in [0.1, 0.15) is 5.75 Å². The van der Waals surface area contributed by atoms with Gasteiger partial charge >= 0.3 is 0 Å². The third-order valence-corrected chi connectivity index (χ3v) is 3.89. The predicted octanol–water partition coefficient (Wildman–Crippen LogP) is 2.55. The summed E-state index contributed by atoms with van der Waals surface area (Å²) in [5.74, 6) is 0.693. The molecule has 4 nitrogen and oxygen atoms in total. The van der Waals surface area contributed by atoms with E-state index in [1.54, 1.807) is 13.2 Å². The first-order valence-electron chi connectivity index (χ1n) is 6.70. The summed E-state index contributed by atoms with van der Waals surface area (Å²) in [6, 6.07) is 3.60. The Morgan fingerprint density at radius 2 is 2.25 bits per heavy atom. The van der Waals surface area contributed by atoms with Crippen molar-refractivity contribution < 1.29 is 9.47 Å². The zero-order valence-corrected chi connectivity index (χ0v) is 13.1. The number of rotatable bonds is 5. The van der Waals surface area contributed by atoms with Crippen LogP contribution in [0.4, 0.5) is 0 Å². The van der Waals surface area contributed by atoms with Crippen molar-refractivity contribution in [3.05, 3.63) is 27.7 Å². The number of ether oxygens (including phenoxy) is 2. The third kappa shape index (κ3) is 3.99. The first-order valence-corrected chi connectivity index (χ1v) is 7.45. The van der Waals surface area contributed by atoms with Crippen LogP contribution < -0.4 is 10.5 Å². The van der Waals surface area contributed by atoms with E-state index in [2.05, 4.69) is 4.90 Å². The number of hydrogen-bond acceptors (Lipinski definition) is 4. The second kappa shape index (κ2) is 7.48. The number of hydrogen-bond donors (Lipinski definition) is 1. The van der Waals surface area contributed by atoms with Gasteiger partial charge in [-0.3, -0.25) is 4.90 Å². The molecular formula is C14H20Cl2N2O2. The van der Waals surface area contributed by atoms with E-state index in [9.17, 15) is 0 Å². The number of morpholine rings is 1. The molecular weight excluding hydrogens is 299 g/mol. The monoisotopic (exact) mass is 318 g/mol. The van der Waals surface area contributed by atoms with Crippen molar-refractivity contribution in [2.45, 2.75) is 19.1 Å². The molecule has 1 aromatic rings. The van der Waals surface area contributed by atoms with Gasteiger partial charge in [-0.05, 0) is 25.1 Å². The molecule has 1 saturated heterocycles. The molecule has 20 heavy (non-hydrogen) atoms. The van der Waals surface area contributed by atoms with E-state index in [4.69, 9.17) is 38.4 Å². The molecule has 0 aliphatic carbocycles. The molecule has 0 aromatic heterocycles. The van der Waals surface area contributed by atoms with Crippen molar-refractivity contribution in [1.82, 2.24) is 4.90 Å². The summed E-state index contributed by atoms with van der Waals surface area (Å²) >= 11 is 12.2. The Kier molecular flexibility index (Phi) is 5.93. The SMILES string of the molecule is COc1c(Cl)cc(Cl)cc1CN1CCOC(CCN)C1. The lowest BCUT2D eigenvalue weighted by Gasteiger charge is -2.33. The Morgan fingerprint density at radius 1 is 1.45 bits per heavy atom. The molecule has 1 fully saturated rings. The van der Waals surface area contributed by atoms with Gasteiger partial charge in [-0.15, -0.1) is 0 Å². The fourth-order valence-electron chi connectivity index (χ4n) is 2.49. The summed E-state index contributed by atoms with van der Waals surface area (Å²) in [7, 11) is 1.62. The minimum Gasteiger partial charge on any atom is -0.495 e. The van der Waals surface area contributed by atoms with Crippen LogP contribution in [0.3, 0.4) is 0 Å². The molecule has 1 atom stereocenters. The molecule has 0 radical (unpaired) electrons. The maximum Gasteiger partial charge on any atom is 0.142 e. The summed E-state index contributed by atoms with van der Waals surface area (Å²) in [5.41, 5.74) is 6.59. The van der Waals surface area contributed by atoms with E-state index < -0.39 is 0 Å². The normalized spacial score (nSPS) is 20.1. The molecule has 2 rings (SSSR count). The van der Waals surface area contributed by atoms with Gasteiger partial charge in [0.15, 0.2) is 0 Å². The van der Waals surface area contributed by atoms with Crippen LogP contribution >= 0.6 is 23.2 Å². The van der Waals surface area contributed by atoms with Gasteiger partial charge in [0.25, 0.3) is 0 Å². The predicted molar refractivity (Wildman–Crippen MR) is 81.7 cm³/mol. The molecule has 0 amide bonds. The molecule has 0 spiro atoms. The summed E-state index contributed by atoms with van der Waals surface area (Å²) < 4.78 is 11.1. The van der Waals surface area contributed by atoms with E-state index in [0.717, 1.165) is 38.2 Å². The van der Waals surface area contributed by atoms with E-state index in [1.807, 2.05) is 6.07 Å². The van der Waals surface area contributed by atoms with Crippen LogP contribution in [-0.4, -0.2) is 44.4 Å². The maximum atomic E-state index is 6.16. The summed E-state index contributed by atoms with van der Waals surface area (Å²) in [5, 5.41) is 1.17. The molecule has 1 aliphatic rings. The fraction of sp³-hybridized carbons (Fsp3) is 0.571. The Hall–Kier alpha value is -0.520. The van der Waals surface area contributed by atoms with Crippen LogP contribution in [0.25, 0.3) is 0 Å². The number of nitrogens with two attached hydrogens (primary N) is 1. The summed E-state index contributed by atoms with van der Waals surface area (Å²) in [4.78, 5) is 2.31. The highest BCUT2D eigenvalue weighted by Gasteiger charge is 2.21. The van der Waals surface area contributed by atoms with E-state index in [1.165, 1.54) is 0 Å². The van der Waals surface area contributed by atoms with Gasteiger partial charge < -0.3 is 15.2 Å². The summed E-state index contributed by atoms with van der Waals surface area (Å²) in [6.07, 6.45) is 1.08. The van der Waals surface area contributed by atoms with Gasteiger partial charge in [0, 0.05) is 30.2 Å². The lowest BCUT2D eigenvalue weighted by atomic mass is 10.1. The van der Waals surface area contributed by atoms with Crippen molar-refractivity contribution in [1.29, 1.82) is 0 Å². The topological polar surface area (TPSA) is 47.7 Å². The van der Waals surface area contributed by atoms with Crippen LogP contribution in [0.15, 0.2) is 12.1 Å². The molecule has 1 aliphatic heterocycles. The first-order chi connectivity index (χ1) is 9.63. The minimum absolute atomic E-state index is 0.203. The van der Waals surface area contributed by atoms with Crippen LogP contribution in [0.2, 0.25) is 10.0 Å². The standard InChI is InChI=1S/C14H20Cl2N2O2/c1-19-14-10(6-11(15)7-13(14)16)8-18-4-5-20-12(9-18)2-3-17/h6-7,12H,2-5,8-9,17H2,1H3. The third-order valence-electron chi connectivity index (χ3n) is 3.39. The number of halogens is 2. The Morgan fingerprint density at radius 3 is 2.95 bits per heavy atom. The van der Waals surface area contributed by atoms with Crippen LogP contribution in [-0.2, 0) is 11.3 Å². The van der Waals surface area contributed by atoms with E-state index in [0.29, 0.717) is 22.3 Å². The molecule has 2 N–H and O–H groups in total. The lowest BCUT2D eigenvalue weighted by molar-refractivity contribution is -0.0336. The maximum absolute atomic E-state index is 6.16. The number of benzene rings is 1. The molecule has 1 heterocycles. The average molecular weight is 319 g/mol. The van der Waals surface area contributed by atoms with Gasteiger partial charge in [-0.2, -0.15) is 0 Å². The van der Waals surface area contributed by atoms with Crippen molar-refractivity contribution in [3.63, 3.8) is 0 Å². The van der Waals surface area contributed by atoms with Crippen molar-refractivity contribution >= 4 is 23.2 Å². The minimum atomic E-state index is 0.203. The van der Waals surface area contributed by atoms with E-state index >= 15 is 0 Å². The smallest absolute Gasteiger partial charge is 0.142 e. The van der Waals surface area contributed by atoms with Crippen molar-refractivity contribution in [2.75, 3.05) is 33.4 Å². The number of methoxy groups -OCH3 is 1. The van der Waals surface area contributed by atoms with Gasteiger partial charge in [0.05, 0.1) is 24.8 Å². The molecule has 0 bridgehead atoms. The average Bonchev–Trinajstić information content (AvgIpc) is 2.39. The number of nitrogens with zero attached hydrogens (tertiary/aromatic N) is 1. The van der Waals surface area contributed by atoms with E-state index in [-0.39, 0.29) is 6.10 Å². The lowest BCUT2D eigenvalue weighted by Crippen LogP contribution is -2.42. The Labute approximate surface area is 129 Å². The zero-order valence-electron chi connectivity index (χ0n) is 11.6. The Balaban J connectivity index is 2.09. The Bertz CT molecular complexity index is 455. The molecule has 1 aromatic carbocycles. The highest BCUT2D eigenvalue weighted by atomic mass is 35.5. The molecule has 1 unspecified atom stereocenters. The largest absolute Gasteiger partial charge is 0.495 e. The van der Waals surface area contributed by atoms with Crippen LogP contribution in [0, 0.1) is 0 Å². The first kappa shape index (κ1) is 15.9. The van der Waals surface area contributed by atoms with Crippen molar-refractivity contribution in [2.24, 2.45) is 5.73 Å².